The number of phosphoric ester groups is 1. The predicted molar refractivity (Wildman–Crippen MR) is 175 cm³/mol. The fraction of sp³-hybridized carbons (Fsp3) is 1.00. The van der Waals surface area contributed by atoms with Crippen LogP contribution in [0, 0.1) is 0 Å². The smallest absolute Gasteiger partial charge is 0.394 e. The van der Waals surface area contributed by atoms with Gasteiger partial charge in [-0.05, 0) is 6.42 Å². The van der Waals surface area contributed by atoms with Crippen molar-refractivity contribution in [1.82, 2.24) is 0 Å². The summed E-state index contributed by atoms with van der Waals surface area (Å²) in [6.07, 6.45) is -0.176. The van der Waals surface area contributed by atoms with Gasteiger partial charge in [0.2, 0.25) is 0 Å². The normalized spacial score (nSPS) is 32.6. The number of aliphatic hydroxyl groups excluding tert-OH is 7. The highest BCUT2D eigenvalue weighted by Crippen LogP contribution is 2.46. The van der Waals surface area contributed by atoms with E-state index in [2.05, 4.69) is 6.92 Å². The molecule has 49 heavy (non-hydrogen) atoms. The first-order chi connectivity index (χ1) is 23.4. The van der Waals surface area contributed by atoms with Crippen LogP contribution in [0.3, 0.4) is 0 Å². The molecule has 0 amide bonds. The van der Waals surface area contributed by atoms with Crippen molar-refractivity contribution >= 4 is 7.82 Å². The van der Waals surface area contributed by atoms with E-state index >= 15 is 0 Å². The summed E-state index contributed by atoms with van der Waals surface area (Å²) in [6.45, 7) is 1.10. The van der Waals surface area contributed by atoms with E-state index in [-0.39, 0.29) is 6.61 Å². The van der Waals surface area contributed by atoms with Crippen LogP contribution in [0.25, 0.3) is 0 Å². The fourth-order valence-electron chi connectivity index (χ4n) is 5.67. The second-order valence-corrected chi connectivity index (χ2v) is 14.3. The molecule has 2 heterocycles. The SMILES string of the molecule is CCCCCCCCCCCCCCCCOCC(COP(=O)(O)OC1O[C@H](CO[C@H]2O[C@H](CO)[C@H](O)[C@H](O)[C@H]2O)[C@@H](O)[C@H](O)[C@H]1O)OC. The van der Waals surface area contributed by atoms with Crippen LogP contribution in [0.15, 0.2) is 0 Å². The van der Waals surface area contributed by atoms with E-state index in [0.29, 0.717) is 6.61 Å². The van der Waals surface area contributed by atoms with Gasteiger partial charge < -0.3 is 64.3 Å². The molecule has 0 aromatic carbocycles. The molecule has 2 aliphatic heterocycles. The molecule has 0 aliphatic carbocycles. The van der Waals surface area contributed by atoms with Crippen molar-refractivity contribution < 1.29 is 77.9 Å². The Kier molecular flexibility index (Phi) is 22.7. The van der Waals surface area contributed by atoms with Crippen LogP contribution in [0.4, 0.5) is 0 Å². The van der Waals surface area contributed by atoms with Crippen molar-refractivity contribution in [2.24, 2.45) is 0 Å². The van der Waals surface area contributed by atoms with Crippen LogP contribution in [-0.2, 0) is 37.3 Å². The van der Waals surface area contributed by atoms with Crippen molar-refractivity contribution in [2.75, 3.05) is 40.1 Å². The van der Waals surface area contributed by atoms with Crippen molar-refractivity contribution in [3.05, 3.63) is 0 Å². The summed E-state index contributed by atoms with van der Waals surface area (Å²) in [5.74, 6) is 0. The molecule has 16 nitrogen and oxygen atoms in total. The monoisotopic (exact) mass is 734 g/mol. The van der Waals surface area contributed by atoms with E-state index in [0.717, 1.165) is 19.3 Å². The molecule has 0 saturated carbocycles. The number of aliphatic hydroxyl groups is 7. The average Bonchev–Trinajstić information content (AvgIpc) is 3.08. The molecule has 0 radical (unpaired) electrons. The first-order valence-corrected chi connectivity index (χ1v) is 19.3. The second kappa shape index (κ2) is 24.8. The zero-order chi connectivity index (χ0) is 36.2. The first-order valence-electron chi connectivity index (χ1n) is 17.8. The van der Waals surface area contributed by atoms with Crippen molar-refractivity contribution in [1.29, 1.82) is 0 Å². The van der Waals surface area contributed by atoms with Crippen molar-refractivity contribution in [2.45, 2.75) is 164 Å². The molecule has 2 saturated heterocycles. The number of ether oxygens (including phenoxy) is 5. The van der Waals surface area contributed by atoms with Gasteiger partial charge >= 0.3 is 7.82 Å². The minimum Gasteiger partial charge on any atom is -0.394 e. The van der Waals surface area contributed by atoms with E-state index in [1.54, 1.807) is 0 Å². The van der Waals surface area contributed by atoms with Gasteiger partial charge in [0.25, 0.3) is 0 Å². The highest BCUT2D eigenvalue weighted by molar-refractivity contribution is 7.47. The lowest BCUT2D eigenvalue weighted by molar-refractivity contribution is -0.324. The first kappa shape index (κ1) is 44.8. The Morgan fingerprint density at radius 2 is 1.14 bits per heavy atom. The van der Waals surface area contributed by atoms with E-state index in [1.165, 1.54) is 77.7 Å². The largest absolute Gasteiger partial charge is 0.474 e. The quantitative estimate of drug-likeness (QED) is 0.0437. The zero-order valence-corrected chi connectivity index (χ0v) is 30.0. The lowest BCUT2D eigenvalue weighted by Gasteiger charge is -2.42. The summed E-state index contributed by atoms with van der Waals surface area (Å²) in [6, 6.07) is 0. The topological polar surface area (TPSA) is 244 Å². The van der Waals surface area contributed by atoms with Crippen LogP contribution in [-0.4, -0.2) is 148 Å². The molecule has 12 atom stereocenters. The Bertz CT molecular complexity index is 886. The predicted octanol–water partition coefficient (Wildman–Crippen LogP) is 1.26. The lowest BCUT2D eigenvalue weighted by Crippen LogP contribution is -2.61. The molecule has 0 bridgehead atoms. The van der Waals surface area contributed by atoms with E-state index in [1.807, 2.05) is 0 Å². The molecular weight excluding hydrogens is 671 g/mol. The fourth-order valence-corrected chi connectivity index (χ4v) is 6.53. The highest BCUT2D eigenvalue weighted by atomic mass is 31.2. The van der Waals surface area contributed by atoms with Crippen LogP contribution < -0.4 is 0 Å². The molecule has 0 aromatic heterocycles. The molecule has 2 aliphatic rings. The highest BCUT2D eigenvalue weighted by Gasteiger charge is 2.49. The summed E-state index contributed by atoms with van der Waals surface area (Å²) in [4.78, 5) is 10.3. The van der Waals surface area contributed by atoms with Gasteiger partial charge in [-0.25, -0.2) is 4.57 Å². The van der Waals surface area contributed by atoms with Gasteiger partial charge in [-0.15, -0.1) is 0 Å². The molecule has 8 N–H and O–H groups in total. The standard InChI is InChI=1S/C32H63O16P/c1-3-4-5-6-7-8-9-10-11-12-13-14-15-16-17-43-19-22(42-2)20-45-49(40,41)48-32-30(39)28(37)26(35)24(47-32)21-44-31-29(38)27(36)25(34)23(18-33)46-31/h22-39H,3-21H2,1-2H3,(H,40,41)/t22?,23-,24-,25+,26-,27+,28+,29-,30-,31+,32?/m1/s1. The van der Waals surface area contributed by atoms with E-state index < -0.39 is 95.2 Å². The molecule has 17 heteroatoms. The minimum absolute atomic E-state index is 0.0970. The number of hydrogen-bond donors (Lipinski definition) is 8. The van der Waals surface area contributed by atoms with E-state index in [4.69, 9.17) is 32.7 Å². The third kappa shape index (κ3) is 16.5. The van der Waals surface area contributed by atoms with Gasteiger partial charge in [0, 0.05) is 13.7 Å². The number of phosphoric acid groups is 1. The van der Waals surface area contributed by atoms with Crippen molar-refractivity contribution in [3.8, 4) is 0 Å². The molecule has 3 unspecified atom stereocenters. The number of methoxy groups -OCH3 is 1. The van der Waals surface area contributed by atoms with Crippen LogP contribution in [0.1, 0.15) is 96.8 Å². The second-order valence-electron chi connectivity index (χ2n) is 12.9. The average molecular weight is 735 g/mol. The van der Waals surface area contributed by atoms with Gasteiger partial charge in [-0.2, -0.15) is 0 Å². The molecular formula is C32H63O16P. The van der Waals surface area contributed by atoms with E-state index in [9.17, 15) is 45.2 Å². The summed E-state index contributed by atoms with van der Waals surface area (Å²) in [5, 5.41) is 70.3. The summed E-state index contributed by atoms with van der Waals surface area (Å²) < 4.78 is 49.5. The maximum Gasteiger partial charge on any atom is 0.474 e. The number of rotatable bonds is 27. The number of unbranched alkanes of at least 4 members (excludes halogenated alkanes) is 13. The van der Waals surface area contributed by atoms with Crippen LogP contribution in [0.5, 0.6) is 0 Å². The maximum atomic E-state index is 12.7. The molecule has 0 aromatic rings. The Morgan fingerprint density at radius 1 is 0.653 bits per heavy atom. The molecule has 2 fully saturated rings. The Hall–Kier alpha value is -0.370. The minimum atomic E-state index is -4.90. The van der Waals surface area contributed by atoms with Gasteiger partial charge in [-0.3, -0.25) is 9.05 Å². The molecule has 0 spiro atoms. The van der Waals surface area contributed by atoms with Crippen LogP contribution >= 0.6 is 7.82 Å². The Labute approximate surface area is 290 Å². The molecule has 292 valence electrons. The van der Waals surface area contributed by atoms with Gasteiger partial charge in [0.15, 0.2) is 12.6 Å². The zero-order valence-electron chi connectivity index (χ0n) is 29.1. The Balaban J connectivity index is 1.64. The van der Waals surface area contributed by atoms with Crippen LogP contribution in [0.2, 0.25) is 0 Å². The third-order valence-corrected chi connectivity index (χ3v) is 9.83. The van der Waals surface area contributed by atoms with Gasteiger partial charge in [0.05, 0.1) is 26.4 Å². The van der Waals surface area contributed by atoms with Gasteiger partial charge in [0.1, 0.15) is 54.9 Å². The Morgan fingerprint density at radius 3 is 1.67 bits per heavy atom. The summed E-state index contributed by atoms with van der Waals surface area (Å²) >= 11 is 0. The summed E-state index contributed by atoms with van der Waals surface area (Å²) in [5.41, 5.74) is 0. The maximum absolute atomic E-state index is 12.7. The van der Waals surface area contributed by atoms with Gasteiger partial charge in [-0.1, -0.05) is 90.4 Å². The molecule has 2 rings (SSSR count). The third-order valence-electron chi connectivity index (χ3n) is 8.88. The number of hydrogen-bond acceptors (Lipinski definition) is 15. The summed E-state index contributed by atoms with van der Waals surface area (Å²) in [7, 11) is -3.52. The van der Waals surface area contributed by atoms with Crippen molar-refractivity contribution in [3.63, 3.8) is 0 Å². The lowest BCUT2D eigenvalue weighted by atomic mass is 9.98.